The number of halogens is 1. The zero-order chi connectivity index (χ0) is 21.0. The van der Waals surface area contributed by atoms with Gasteiger partial charge in [-0.15, -0.1) is 0 Å². The summed E-state index contributed by atoms with van der Waals surface area (Å²) in [5.41, 5.74) is 0.272. The van der Waals surface area contributed by atoms with Crippen LogP contribution in [0.2, 0.25) is 5.02 Å². The van der Waals surface area contributed by atoms with Gasteiger partial charge in [-0.2, -0.15) is 4.31 Å². The van der Waals surface area contributed by atoms with Crippen molar-refractivity contribution in [2.75, 3.05) is 18.4 Å². The highest BCUT2D eigenvalue weighted by Crippen LogP contribution is 2.28. The molecule has 0 radical (unpaired) electrons. The average Bonchev–Trinajstić information content (AvgIpc) is 2.98. The number of rotatable bonds is 5. The van der Waals surface area contributed by atoms with Gasteiger partial charge in [-0.25, -0.2) is 8.42 Å². The van der Waals surface area contributed by atoms with E-state index in [1.54, 1.807) is 0 Å². The number of anilines is 1. The van der Waals surface area contributed by atoms with Crippen LogP contribution in [-0.2, 0) is 10.0 Å². The highest BCUT2D eigenvalue weighted by Gasteiger charge is 2.28. The third-order valence-corrected chi connectivity index (χ3v) is 7.11. The Hall–Kier alpha value is -2.42. The van der Waals surface area contributed by atoms with Crippen molar-refractivity contribution in [2.45, 2.75) is 30.6 Å². The Morgan fingerprint density at radius 2 is 1.66 bits per heavy atom. The van der Waals surface area contributed by atoms with E-state index in [0.717, 1.165) is 25.7 Å². The van der Waals surface area contributed by atoms with Gasteiger partial charge < -0.3 is 15.2 Å². The third-order valence-electron chi connectivity index (χ3n) is 4.73. The molecule has 1 saturated heterocycles. The van der Waals surface area contributed by atoms with E-state index in [-0.39, 0.29) is 26.7 Å². The first-order chi connectivity index (χ1) is 13.8. The first-order valence-electron chi connectivity index (χ1n) is 9.21. The molecule has 9 heteroatoms. The Balaban J connectivity index is 1.87. The standard InChI is InChI=1S/C20H21ClN2O5S/c21-17-9-8-14(19(24)22-16-7-5-6-15(12-16)20(25)26)13-18(17)29(27,28)23-10-3-1-2-4-11-23/h5-9,12-13H,1-4,10-11H2,(H,22,24)(H,25,26)/p-1. The molecule has 0 spiro atoms. The van der Waals surface area contributed by atoms with Gasteiger partial charge in [0, 0.05) is 24.3 Å². The van der Waals surface area contributed by atoms with Crippen LogP contribution in [0.4, 0.5) is 5.69 Å². The van der Waals surface area contributed by atoms with Gasteiger partial charge >= 0.3 is 0 Å². The fraction of sp³-hybridized carbons (Fsp3) is 0.300. The van der Waals surface area contributed by atoms with Crippen molar-refractivity contribution in [1.82, 2.24) is 4.31 Å². The summed E-state index contributed by atoms with van der Waals surface area (Å²) in [6, 6.07) is 9.64. The topological polar surface area (TPSA) is 107 Å². The Bertz CT molecular complexity index is 1030. The van der Waals surface area contributed by atoms with Crippen LogP contribution in [0.1, 0.15) is 46.4 Å². The van der Waals surface area contributed by atoms with Gasteiger partial charge in [0.1, 0.15) is 4.90 Å². The summed E-state index contributed by atoms with van der Waals surface area (Å²) in [6.45, 7) is 0.843. The number of nitrogens with one attached hydrogen (secondary N) is 1. The lowest BCUT2D eigenvalue weighted by Crippen LogP contribution is -2.32. The van der Waals surface area contributed by atoms with Crippen molar-refractivity contribution < 1.29 is 23.1 Å². The lowest BCUT2D eigenvalue weighted by Gasteiger charge is -2.21. The summed E-state index contributed by atoms with van der Waals surface area (Å²) in [5.74, 6) is -1.94. The maximum absolute atomic E-state index is 13.1. The molecule has 29 heavy (non-hydrogen) atoms. The summed E-state index contributed by atoms with van der Waals surface area (Å²) < 4.78 is 27.5. The van der Waals surface area contributed by atoms with E-state index in [0.29, 0.717) is 13.1 Å². The Morgan fingerprint density at radius 3 is 2.31 bits per heavy atom. The normalized spacial score (nSPS) is 15.5. The zero-order valence-electron chi connectivity index (χ0n) is 15.6. The van der Waals surface area contributed by atoms with Crippen molar-refractivity contribution in [2.24, 2.45) is 0 Å². The van der Waals surface area contributed by atoms with Crippen LogP contribution in [0.25, 0.3) is 0 Å². The number of hydrogen-bond acceptors (Lipinski definition) is 5. The van der Waals surface area contributed by atoms with Crippen molar-refractivity contribution >= 4 is 39.2 Å². The van der Waals surface area contributed by atoms with Crippen LogP contribution < -0.4 is 10.4 Å². The maximum atomic E-state index is 13.1. The molecule has 0 bridgehead atoms. The van der Waals surface area contributed by atoms with Crippen LogP contribution in [0, 0.1) is 0 Å². The molecule has 1 aliphatic heterocycles. The van der Waals surface area contributed by atoms with E-state index < -0.39 is 21.9 Å². The lowest BCUT2D eigenvalue weighted by molar-refractivity contribution is -0.255. The number of carboxylic acid groups (broad SMARTS) is 1. The van der Waals surface area contributed by atoms with Gasteiger partial charge in [0.2, 0.25) is 10.0 Å². The molecule has 1 aliphatic rings. The Kier molecular flexibility index (Phi) is 6.56. The van der Waals surface area contributed by atoms with Gasteiger partial charge in [-0.3, -0.25) is 4.79 Å². The number of hydrogen-bond donors (Lipinski definition) is 1. The molecule has 3 rings (SSSR count). The average molecular weight is 436 g/mol. The fourth-order valence-corrected chi connectivity index (χ4v) is 5.21. The molecule has 0 saturated carbocycles. The summed E-state index contributed by atoms with van der Waals surface area (Å²) in [6.07, 6.45) is 3.53. The minimum Gasteiger partial charge on any atom is -0.545 e. The molecular weight excluding hydrogens is 416 g/mol. The van der Waals surface area contributed by atoms with Gasteiger partial charge in [-0.05, 0) is 48.7 Å². The largest absolute Gasteiger partial charge is 0.545 e. The monoisotopic (exact) mass is 435 g/mol. The maximum Gasteiger partial charge on any atom is 0.255 e. The third kappa shape index (κ3) is 4.95. The van der Waals surface area contributed by atoms with Crippen LogP contribution in [0.5, 0.6) is 0 Å². The molecule has 1 amide bonds. The summed E-state index contributed by atoms with van der Waals surface area (Å²) >= 11 is 6.15. The van der Waals surface area contributed by atoms with E-state index in [9.17, 15) is 23.1 Å². The fourth-order valence-electron chi connectivity index (χ4n) is 3.19. The quantitative estimate of drug-likeness (QED) is 0.776. The minimum atomic E-state index is -3.83. The van der Waals surface area contributed by atoms with Crippen LogP contribution in [0.15, 0.2) is 47.4 Å². The Morgan fingerprint density at radius 1 is 0.966 bits per heavy atom. The van der Waals surface area contributed by atoms with Gasteiger partial charge in [0.15, 0.2) is 0 Å². The second-order valence-corrected chi connectivity index (χ2v) is 9.10. The highest BCUT2D eigenvalue weighted by atomic mass is 35.5. The van der Waals surface area contributed by atoms with E-state index in [4.69, 9.17) is 11.6 Å². The molecule has 0 aliphatic carbocycles. The molecule has 1 N–H and O–H groups in total. The predicted octanol–water partition coefficient (Wildman–Crippen LogP) is 2.52. The van der Waals surface area contributed by atoms with Gasteiger partial charge in [-0.1, -0.05) is 36.6 Å². The second kappa shape index (κ2) is 8.94. The van der Waals surface area contributed by atoms with E-state index in [2.05, 4.69) is 5.32 Å². The summed E-state index contributed by atoms with van der Waals surface area (Å²) in [4.78, 5) is 23.4. The van der Waals surface area contributed by atoms with Gasteiger partial charge in [0.05, 0.1) is 11.0 Å². The molecule has 0 unspecified atom stereocenters. The smallest absolute Gasteiger partial charge is 0.255 e. The molecule has 2 aromatic rings. The number of amides is 1. The summed E-state index contributed by atoms with van der Waals surface area (Å²) in [7, 11) is -3.83. The van der Waals surface area contributed by atoms with E-state index in [1.807, 2.05) is 0 Å². The predicted molar refractivity (Wildman–Crippen MR) is 107 cm³/mol. The number of sulfonamides is 1. The lowest BCUT2D eigenvalue weighted by atomic mass is 10.1. The molecule has 0 aromatic heterocycles. The SMILES string of the molecule is O=C([O-])c1cccc(NC(=O)c2ccc(Cl)c(S(=O)(=O)N3CCCCCC3)c2)c1. The second-order valence-electron chi connectivity index (χ2n) is 6.79. The van der Waals surface area contributed by atoms with Crippen molar-refractivity contribution in [1.29, 1.82) is 0 Å². The number of carbonyl (C=O) groups is 2. The van der Waals surface area contributed by atoms with Gasteiger partial charge in [0.25, 0.3) is 5.91 Å². The molecule has 1 fully saturated rings. The molecule has 0 atom stereocenters. The van der Waals surface area contributed by atoms with Crippen molar-refractivity contribution in [3.8, 4) is 0 Å². The minimum absolute atomic E-state index is 0.0461. The Labute approximate surface area is 174 Å². The van der Waals surface area contributed by atoms with E-state index >= 15 is 0 Å². The van der Waals surface area contributed by atoms with Crippen molar-refractivity contribution in [3.63, 3.8) is 0 Å². The molecule has 154 valence electrons. The first kappa shape index (κ1) is 21.3. The van der Waals surface area contributed by atoms with Crippen molar-refractivity contribution in [3.05, 3.63) is 58.6 Å². The van der Waals surface area contributed by atoms with Crippen LogP contribution in [-0.4, -0.2) is 37.7 Å². The molecular formula is C20H20ClN2O5S-. The molecule has 7 nitrogen and oxygen atoms in total. The molecule has 2 aromatic carbocycles. The number of benzene rings is 2. The van der Waals surface area contributed by atoms with Crippen LogP contribution >= 0.6 is 11.6 Å². The summed E-state index contributed by atoms with van der Waals surface area (Å²) in [5, 5.41) is 13.6. The molecule has 1 heterocycles. The zero-order valence-corrected chi connectivity index (χ0v) is 17.1. The van der Waals surface area contributed by atoms with Crippen LogP contribution in [0.3, 0.4) is 0 Å². The van der Waals surface area contributed by atoms with E-state index in [1.165, 1.54) is 46.8 Å². The number of carboxylic acids is 1. The first-order valence-corrected chi connectivity index (χ1v) is 11.0. The number of nitrogens with zero attached hydrogens (tertiary/aromatic N) is 1. The number of carbonyl (C=O) groups excluding carboxylic acids is 2. The highest BCUT2D eigenvalue weighted by molar-refractivity contribution is 7.89. The number of aromatic carboxylic acids is 1.